The molecule has 0 aliphatic heterocycles. The van der Waals surface area contributed by atoms with Crippen LogP contribution >= 0.6 is 0 Å². The van der Waals surface area contributed by atoms with Crippen LogP contribution in [0.2, 0.25) is 0 Å². The van der Waals surface area contributed by atoms with Gasteiger partial charge in [0.1, 0.15) is 5.76 Å². The highest BCUT2D eigenvalue weighted by molar-refractivity contribution is 5.80. The van der Waals surface area contributed by atoms with Crippen molar-refractivity contribution in [3.63, 3.8) is 0 Å². The zero-order valence-electron chi connectivity index (χ0n) is 14.8. The molecule has 130 valence electrons. The maximum absolute atomic E-state index is 5.65. The van der Waals surface area contributed by atoms with Crippen molar-refractivity contribution in [2.45, 2.75) is 58.5 Å². The Morgan fingerprint density at radius 3 is 2.61 bits per heavy atom. The van der Waals surface area contributed by atoms with Crippen LogP contribution in [0.5, 0.6) is 0 Å². The van der Waals surface area contributed by atoms with Crippen molar-refractivity contribution in [1.82, 2.24) is 15.5 Å². The second-order valence-corrected chi connectivity index (χ2v) is 6.10. The van der Waals surface area contributed by atoms with Crippen LogP contribution in [0.15, 0.2) is 27.8 Å². The third-order valence-electron chi connectivity index (χ3n) is 4.59. The normalized spacial score (nSPS) is 17.7. The van der Waals surface area contributed by atoms with E-state index in [9.17, 15) is 0 Å². The first-order valence-electron chi connectivity index (χ1n) is 9.10. The Kier molecular flexibility index (Phi) is 7.46. The number of nitrogens with zero attached hydrogens (tertiary/aromatic N) is 2. The fourth-order valence-corrected chi connectivity index (χ4v) is 3.29. The van der Waals surface area contributed by atoms with Crippen LogP contribution in [-0.2, 0) is 0 Å². The zero-order chi connectivity index (χ0) is 16.5. The summed E-state index contributed by atoms with van der Waals surface area (Å²) in [6, 6.07) is 4.77. The van der Waals surface area contributed by atoms with Gasteiger partial charge in [-0.3, -0.25) is 9.89 Å². The number of hydrogen-bond donors (Lipinski definition) is 2. The van der Waals surface area contributed by atoms with Gasteiger partial charge in [-0.1, -0.05) is 26.7 Å². The van der Waals surface area contributed by atoms with Gasteiger partial charge in [-0.15, -0.1) is 0 Å². The van der Waals surface area contributed by atoms with Crippen molar-refractivity contribution in [3.8, 4) is 0 Å². The van der Waals surface area contributed by atoms with Crippen LogP contribution in [-0.4, -0.2) is 43.1 Å². The number of hydrogen-bond acceptors (Lipinski definition) is 3. The topological polar surface area (TPSA) is 52.8 Å². The Bertz CT molecular complexity index is 448. The maximum atomic E-state index is 5.65. The Hall–Kier alpha value is -1.49. The van der Waals surface area contributed by atoms with Gasteiger partial charge in [-0.25, -0.2) is 0 Å². The quantitative estimate of drug-likeness (QED) is 0.571. The molecule has 0 spiro atoms. The van der Waals surface area contributed by atoms with Gasteiger partial charge < -0.3 is 15.1 Å². The fourth-order valence-electron chi connectivity index (χ4n) is 3.29. The predicted octanol–water partition coefficient (Wildman–Crippen LogP) is 3.16. The van der Waals surface area contributed by atoms with Gasteiger partial charge in [0.25, 0.3) is 0 Å². The second-order valence-electron chi connectivity index (χ2n) is 6.10. The molecule has 23 heavy (non-hydrogen) atoms. The molecule has 0 saturated heterocycles. The van der Waals surface area contributed by atoms with Crippen molar-refractivity contribution in [3.05, 3.63) is 24.2 Å². The smallest absolute Gasteiger partial charge is 0.191 e. The molecule has 1 atom stereocenters. The van der Waals surface area contributed by atoms with Crippen molar-refractivity contribution in [2.75, 3.05) is 26.2 Å². The van der Waals surface area contributed by atoms with E-state index in [0.29, 0.717) is 12.6 Å². The molecule has 2 rings (SSSR count). The molecule has 0 radical (unpaired) electrons. The summed E-state index contributed by atoms with van der Waals surface area (Å²) < 4.78 is 5.65. The van der Waals surface area contributed by atoms with Gasteiger partial charge in [0.05, 0.1) is 18.8 Å². The van der Waals surface area contributed by atoms with Crippen LogP contribution in [0, 0.1) is 0 Å². The molecule has 2 N–H and O–H groups in total. The van der Waals surface area contributed by atoms with E-state index in [-0.39, 0.29) is 6.04 Å². The summed E-state index contributed by atoms with van der Waals surface area (Å²) in [6.07, 6.45) is 6.90. The van der Waals surface area contributed by atoms with Crippen molar-refractivity contribution >= 4 is 5.96 Å². The van der Waals surface area contributed by atoms with E-state index in [0.717, 1.165) is 31.4 Å². The van der Waals surface area contributed by atoms with Crippen LogP contribution in [0.1, 0.15) is 58.3 Å². The molecular weight excluding hydrogens is 288 g/mol. The minimum absolute atomic E-state index is 0.194. The van der Waals surface area contributed by atoms with Crippen molar-refractivity contribution in [1.29, 1.82) is 0 Å². The molecule has 1 unspecified atom stereocenters. The second kappa shape index (κ2) is 9.60. The molecule has 1 aliphatic rings. The standard InChI is InChI=1S/C18H32N4O/c1-4-19-18(21-15-10-7-8-11-15)20-14-16(22(5-2)6-3)17-12-9-13-23-17/h9,12-13,15-16H,4-8,10-11,14H2,1-3H3,(H2,19,20,21). The molecule has 1 aromatic heterocycles. The minimum atomic E-state index is 0.194. The molecule has 5 nitrogen and oxygen atoms in total. The molecule has 5 heteroatoms. The SMILES string of the molecule is CCNC(=NCC(c1ccco1)N(CC)CC)NC1CCCC1. The van der Waals surface area contributed by atoms with E-state index in [4.69, 9.17) is 9.41 Å². The van der Waals surface area contributed by atoms with E-state index in [1.165, 1.54) is 25.7 Å². The summed E-state index contributed by atoms with van der Waals surface area (Å²) in [6.45, 7) is 10.1. The number of aliphatic imine (C=N–C) groups is 1. The Morgan fingerprint density at radius 2 is 2.04 bits per heavy atom. The summed E-state index contributed by atoms with van der Waals surface area (Å²) in [7, 11) is 0. The lowest BCUT2D eigenvalue weighted by atomic mass is 10.2. The van der Waals surface area contributed by atoms with E-state index in [1.807, 2.05) is 6.07 Å². The third kappa shape index (κ3) is 5.27. The van der Waals surface area contributed by atoms with Crippen molar-refractivity contribution in [2.24, 2.45) is 4.99 Å². The van der Waals surface area contributed by atoms with Gasteiger partial charge in [0, 0.05) is 12.6 Å². The van der Waals surface area contributed by atoms with Crippen LogP contribution in [0.4, 0.5) is 0 Å². The molecule has 0 aromatic carbocycles. The highest BCUT2D eigenvalue weighted by Crippen LogP contribution is 2.21. The van der Waals surface area contributed by atoms with Gasteiger partial charge in [0.2, 0.25) is 0 Å². The van der Waals surface area contributed by atoms with Gasteiger partial charge in [0.15, 0.2) is 5.96 Å². The Morgan fingerprint density at radius 1 is 1.30 bits per heavy atom. The first kappa shape index (κ1) is 17.9. The summed E-state index contributed by atoms with van der Waals surface area (Å²) in [5.41, 5.74) is 0. The zero-order valence-corrected chi connectivity index (χ0v) is 14.8. The molecule has 0 amide bonds. The monoisotopic (exact) mass is 320 g/mol. The van der Waals surface area contributed by atoms with Crippen LogP contribution in [0.25, 0.3) is 0 Å². The molecule has 1 aromatic rings. The average Bonchev–Trinajstić information content (AvgIpc) is 3.25. The lowest BCUT2D eigenvalue weighted by molar-refractivity contribution is 0.198. The van der Waals surface area contributed by atoms with E-state index in [1.54, 1.807) is 6.26 Å². The lowest BCUT2D eigenvalue weighted by Gasteiger charge is -2.27. The summed E-state index contributed by atoms with van der Waals surface area (Å²) in [4.78, 5) is 7.23. The fraction of sp³-hybridized carbons (Fsp3) is 0.722. The van der Waals surface area contributed by atoms with Crippen LogP contribution in [0.3, 0.4) is 0 Å². The number of nitrogens with one attached hydrogen (secondary N) is 2. The summed E-state index contributed by atoms with van der Waals surface area (Å²) in [5.74, 6) is 1.93. The van der Waals surface area contributed by atoms with Gasteiger partial charge in [-0.05, 0) is 45.0 Å². The summed E-state index contributed by atoms with van der Waals surface area (Å²) >= 11 is 0. The van der Waals surface area contributed by atoms with Gasteiger partial charge >= 0.3 is 0 Å². The van der Waals surface area contributed by atoms with Gasteiger partial charge in [-0.2, -0.15) is 0 Å². The average molecular weight is 320 g/mol. The lowest BCUT2D eigenvalue weighted by Crippen LogP contribution is -2.43. The number of likely N-dealkylation sites (N-methyl/N-ethyl adjacent to an activating group) is 1. The highest BCUT2D eigenvalue weighted by atomic mass is 16.3. The Balaban J connectivity index is 2.05. The molecule has 1 fully saturated rings. The maximum Gasteiger partial charge on any atom is 0.191 e. The number of rotatable bonds is 8. The largest absolute Gasteiger partial charge is 0.468 e. The first-order valence-corrected chi connectivity index (χ1v) is 9.10. The first-order chi connectivity index (χ1) is 11.3. The molecule has 0 bridgehead atoms. The van der Waals surface area contributed by atoms with E-state index in [2.05, 4.69) is 42.4 Å². The number of furan rings is 1. The number of guanidine groups is 1. The third-order valence-corrected chi connectivity index (χ3v) is 4.59. The molecule has 1 heterocycles. The predicted molar refractivity (Wildman–Crippen MR) is 95.7 cm³/mol. The highest BCUT2D eigenvalue weighted by Gasteiger charge is 2.21. The summed E-state index contributed by atoms with van der Waals surface area (Å²) in [5, 5.41) is 6.96. The van der Waals surface area contributed by atoms with E-state index < -0.39 is 0 Å². The Labute approximate surface area is 140 Å². The van der Waals surface area contributed by atoms with Crippen molar-refractivity contribution < 1.29 is 4.42 Å². The van der Waals surface area contributed by atoms with E-state index >= 15 is 0 Å². The molecule has 1 saturated carbocycles. The molecule has 1 aliphatic carbocycles. The minimum Gasteiger partial charge on any atom is -0.468 e. The molecular formula is C18H32N4O. The van der Waals surface area contributed by atoms with Crippen LogP contribution < -0.4 is 10.6 Å².